The van der Waals surface area contributed by atoms with E-state index in [2.05, 4.69) is 12.1 Å². The average Bonchev–Trinajstić information content (AvgIpc) is 2.33. The lowest BCUT2D eigenvalue weighted by atomic mass is 10.2. The topological polar surface area (TPSA) is 49.7 Å². The minimum Gasteiger partial charge on any atom is -0.489 e. The van der Waals surface area contributed by atoms with E-state index >= 15 is 0 Å². The fourth-order valence-corrected chi connectivity index (χ4v) is 0.892. The van der Waals surface area contributed by atoms with Gasteiger partial charge < -0.3 is 14.8 Å². The molecule has 1 aliphatic rings. The molecular weight excluding hydrogens is 143 g/mol. The van der Waals surface area contributed by atoms with Gasteiger partial charge in [-0.15, -0.1) is 0 Å². The van der Waals surface area contributed by atoms with Gasteiger partial charge >= 0.3 is 7.69 Å². The number of fused-ring (bicyclic) bond motifs is 2. The van der Waals surface area contributed by atoms with Crippen molar-refractivity contribution in [3.8, 4) is 5.75 Å². The lowest BCUT2D eigenvalue weighted by Gasteiger charge is -1.88. The van der Waals surface area contributed by atoms with Crippen LogP contribution in [0.25, 0.3) is 0 Å². The van der Waals surface area contributed by atoms with Crippen molar-refractivity contribution in [2.24, 2.45) is 0 Å². The summed E-state index contributed by atoms with van der Waals surface area (Å²) in [6.07, 6.45) is 0. The van der Waals surface area contributed by atoms with Crippen molar-refractivity contribution < 1.29 is 14.8 Å². The number of benzene rings is 1. The lowest BCUT2D eigenvalue weighted by Crippen LogP contribution is -1.80. The Kier molecular flexibility index (Phi) is 2.95. The molecule has 4 heteroatoms. The highest BCUT2D eigenvalue weighted by Crippen LogP contribution is 2.20. The molecule has 2 rings (SSSR count). The molecule has 0 aliphatic carbocycles. The van der Waals surface area contributed by atoms with Gasteiger partial charge in [0.1, 0.15) is 12.4 Å². The Labute approximate surface area is 65.6 Å². The van der Waals surface area contributed by atoms with E-state index in [1.807, 2.05) is 12.1 Å². The third-order valence-corrected chi connectivity index (χ3v) is 1.30. The van der Waals surface area contributed by atoms with E-state index in [0.717, 1.165) is 12.4 Å². The summed E-state index contributed by atoms with van der Waals surface area (Å²) in [6, 6.07) is 8.10. The van der Waals surface area contributed by atoms with Gasteiger partial charge in [0.05, 0.1) is 0 Å². The molecule has 2 N–H and O–H groups in total. The molecule has 0 atom stereocenters. The van der Waals surface area contributed by atoms with Gasteiger partial charge in [-0.05, 0) is 17.7 Å². The van der Waals surface area contributed by atoms with Crippen molar-refractivity contribution in [1.82, 2.24) is 0 Å². The van der Waals surface area contributed by atoms with Crippen LogP contribution in [0.1, 0.15) is 5.56 Å². The van der Waals surface area contributed by atoms with Gasteiger partial charge in [-0.25, -0.2) is 0 Å². The van der Waals surface area contributed by atoms with Gasteiger partial charge in [-0.1, -0.05) is 12.1 Å². The quantitative estimate of drug-likeness (QED) is 0.516. The molecule has 0 aromatic heterocycles. The van der Waals surface area contributed by atoms with Crippen LogP contribution in [0.15, 0.2) is 24.3 Å². The van der Waals surface area contributed by atoms with E-state index in [1.54, 1.807) is 0 Å². The minimum absolute atomic E-state index is 0. The minimum atomic E-state index is 0. The van der Waals surface area contributed by atoms with Crippen molar-refractivity contribution in [1.29, 1.82) is 0 Å². The van der Waals surface area contributed by atoms with Gasteiger partial charge in [0.2, 0.25) is 0 Å². The van der Waals surface area contributed by atoms with Crippen molar-refractivity contribution in [2.75, 3.05) is 0 Å². The summed E-state index contributed by atoms with van der Waals surface area (Å²) >= 11 is 0. The first-order valence-corrected chi connectivity index (χ1v) is 3.18. The number of hydrogen-bond acceptors (Lipinski definition) is 3. The summed E-state index contributed by atoms with van der Waals surface area (Å²) in [6.45, 7) is 0.766. The zero-order chi connectivity index (χ0) is 8.10. The van der Waals surface area contributed by atoms with Crippen LogP contribution in [0.4, 0.5) is 0 Å². The fourth-order valence-electron chi connectivity index (χ4n) is 0.892. The van der Waals surface area contributed by atoms with Crippen molar-refractivity contribution in [2.45, 2.75) is 6.61 Å². The van der Waals surface area contributed by atoms with E-state index in [4.69, 9.17) is 14.8 Å². The van der Waals surface area contributed by atoms with E-state index in [9.17, 15) is 0 Å². The summed E-state index contributed by atoms with van der Waals surface area (Å²) in [5, 5.41) is 14.0. The molecule has 0 saturated heterocycles. The summed E-state index contributed by atoms with van der Waals surface area (Å²) in [5.74, 6) is 1.00. The van der Waals surface area contributed by atoms with Crippen LogP contribution in [0.3, 0.4) is 0 Å². The summed E-state index contributed by atoms with van der Waals surface area (Å²) < 4.78 is 5.18. The normalized spacial score (nSPS) is 11.1. The lowest BCUT2D eigenvalue weighted by molar-refractivity contribution is 0.328. The van der Waals surface area contributed by atoms with Crippen LogP contribution in [0.5, 0.6) is 5.75 Å². The van der Waals surface area contributed by atoms with E-state index in [1.165, 1.54) is 5.56 Å². The second kappa shape index (κ2) is 4.00. The Hall–Kier alpha value is -0.995. The Bertz CT molecular complexity index is 207. The van der Waals surface area contributed by atoms with Crippen LogP contribution >= 0.6 is 0 Å². The maximum absolute atomic E-state index is 7.00. The van der Waals surface area contributed by atoms with Crippen LogP contribution in [-0.4, -0.2) is 17.7 Å². The molecule has 1 heterocycles. The summed E-state index contributed by atoms with van der Waals surface area (Å²) in [5.41, 5.74) is 1.28. The largest absolute Gasteiger partial charge is 0.489 e. The molecule has 2 bridgehead atoms. The molecule has 0 amide bonds. The molecule has 1 radical (unpaired) electrons. The first-order chi connectivity index (χ1) is 5.36. The first kappa shape index (κ1) is 8.10. The molecule has 3 nitrogen and oxygen atoms in total. The Morgan fingerprint density at radius 2 is 2.09 bits per heavy atom. The van der Waals surface area contributed by atoms with Crippen molar-refractivity contribution >= 4 is 7.69 Å². The zero-order valence-corrected chi connectivity index (χ0v) is 5.90. The van der Waals surface area contributed by atoms with E-state index in [-0.39, 0.29) is 7.69 Å². The molecule has 0 fully saturated rings. The van der Waals surface area contributed by atoms with E-state index < -0.39 is 0 Å². The van der Waals surface area contributed by atoms with Crippen LogP contribution < -0.4 is 4.74 Å². The second-order valence-electron chi connectivity index (χ2n) is 2.05. The molecule has 1 aromatic carbocycles. The van der Waals surface area contributed by atoms with Crippen LogP contribution in [0.2, 0.25) is 0 Å². The Morgan fingerprint density at radius 3 is 2.64 bits per heavy atom. The molecular formula is C7H8BO3. The molecule has 1 aliphatic heterocycles. The van der Waals surface area contributed by atoms with E-state index in [0.29, 0.717) is 0 Å². The number of hydrogen-bond donors (Lipinski definition) is 2. The molecule has 0 unspecified atom stereocenters. The summed E-state index contributed by atoms with van der Waals surface area (Å²) in [4.78, 5) is 0. The molecule has 0 saturated carbocycles. The van der Waals surface area contributed by atoms with Gasteiger partial charge in [0.25, 0.3) is 0 Å². The highest BCUT2D eigenvalue weighted by Gasteiger charge is 2.03. The predicted molar refractivity (Wildman–Crippen MR) is 41.0 cm³/mol. The monoisotopic (exact) mass is 151 g/mol. The predicted octanol–water partition coefficient (Wildman–Crippen LogP) is 0.0842. The number of ether oxygens (including phenoxy) is 1. The Balaban J connectivity index is 0.000000179. The maximum Gasteiger partial charge on any atom is 0.482 e. The second-order valence-corrected chi connectivity index (χ2v) is 2.05. The first-order valence-electron chi connectivity index (χ1n) is 3.18. The van der Waals surface area contributed by atoms with Gasteiger partial charge in [0.15, 0.2) is 0 Å². The maximum atomic E-state index is 7.00. The van der Waals surface area contributed by atoms with Crippen molar-refractivity contribution in [3.63, 3.8) is 0 Å². The third kappa shape index (κ3) is 2.25. The smallest absolute Gasteiger partial charge is 0.482 e. The van der Waals surface area contributed by atoms with Gasteiger partial charge in [-0.3, -0.25) is 0 Å². The molecule has 1 aromatic rings. The highest BCUT2D eigenvalue weighted by molar-refractivity contribution is 6.13. The fraction of sp³-hybridized carbons (Fsp3) is 0.143. The third-order valence-electron chi connectivity index (χ3n) is 1.30. The molecule has 11 heavy (non-hydrogen) atoms. The average molecular weight is 151 g/mol. The van der Waals surface area contributed by atoms with Crippen LogP contribution in [-0.2, 0) is 6.61 Å². The van der Waals surface area contributed by atoms with Crippen molar-refractivity contribution in [3.05, 3.63) is 29.8 Å². The summed E-state index contributed by atoms with van der Waals surface area (Å²) in [7, 11) is 0. The van der Waals surface area contributed by atoms with Crippen LogP contribution in [0, 0.1) is 0 Å². The standard InChI is InChI=1S/C7H6O.BH2O2/c1-2-6-4-7(3-1)8-5-6;2-1-3/h1-4H,5H2;2-3H. The highest BCUT2D eigenvalue weighted by atomic mass is 16.5. The molecule has 0 spiro atoms. The zero-order valence-electron chi connectivity index (χ0n) is 5.90. The van der Waals surface area contributed by atoms with Gasteiger partial charge in [0, 0.05) is 0 Å². The molecule has 57 valence electrons. The SMILES string of the molecule is O[B]O.c1cc2cc(c1)OC2. The number of rotatable bonds is 0. The Morgan fingerprint density at radius 1 is 1.36 bits per heavy atom. The van der Waals surface area contributed by atoms with Gasteiger partial charge in [-0.2, -0.15) is 0 Å².